The van der Waals surface area contributed by atoms with Crippen molar-refractivity contribution in [3.63, 3.8) is 0 Å². The summed E-state index contributed by atoms with van der Waals surface area (Å²) >= 11 is 0. The van der Waals surface area contributed by atoms with Gasteiger partial charge in [-0.3, -0.25) is 0 Å². The van der Waals surface area contributed by atoms with Crippen molar-refractivity contribution in [2.75, 3.05) is 6.79 Å². The maximum Gasteiger partial charge on any atom is 0.337 e. The summed E-state index contributed by atoms with van der Waals surface area (Å²) in [5.74, 6) is 0.569. The van der Waals surface area contributed by atoms with Gasteiger partial charge in [-0.1, -0.05) is 20.8 Å². The highest BCUT2D eigenvalue weighted by molar-refractivity contribution is 5.75. The highest BCUT2D eigenvalue weighted by atomic mass is 16.7. The van der Waals surface area contributed by atoms with Crippen LogP contribution in [0.4, 0.5) is 0 Å². The molecule has 0 amide bonds. The Kier molecular flexibility index (Phi) is 4.86. The fourth-order valence-corrected chi connectivity index (χ4v) is 0.380. The lowest BCUT2D eigenvalue weighted by atomic mass is 10.3. The number of hydrogen-bond acceptors (Lipinski definition) is 3. The van der Waals surface area contributed by atoms with Gasteiger partial charge in [-0.2, -0.15) is 0 Å². The Labute approximate surface area is 67.7 Å². The molecule has 0 aromatic rings. The van der Waals surface area contributed by atoms with Crippen LogP contribution >= 0.6 is 0 Å². The molecule has 0 aromatic carbocycles. The van der Waals surface area contributed by atoms with E-state index in [1.807, 2.05) is 0 Å². The van der Waals surface area contributed by atoms with E-state index in [2.05, 4.69) is 25.5 Å². The first kappa shape index (κ1) is 10.4. The standard InChI is InChI=1S/C4H6O3.C4H10/c1-3-4(5)7-2-6-3;1-4(2)3/h3H,2H2,1H3;4H,1-3H3/t3-;/m0./s1. The lowest BCUT2D eigenvalue weighted by molar-refractivity contribution is -0.138. The molecule has 0 radical (unpaired) electrons. The molecule has 0 bridgehead atoms. The minimum atomic E-state index is -0.347. The smallest absolute Gasteiger partial charge is 0.337 e. The summed E-state index contributed by atoms with van der Waals surface area (Å²) in [5.41, 5.74) is 0. The normalized spacial score (nSPS) is 22.6. The summed E-state index contributed by atoms with van der Waals surface area (Å²) < 4.78 is 9.10. The summed E-state index contributed by atoms with van der Waals surface area (Å²) in [4.78, 5) is 10.2. The number of hydrogen-bond donors (Lipinski definition) is 0. The molecule has 0 aliphatic carbocycles. The summed E-state index contributed by atoms with van der Waals surface area (Å²) in [5, 5.41) is 0. The molecule has 1 rings (SSSR count). The largest absolute Gasteiger partial charge is 0.437 e. The van der Waals surface area contributed by atoms with E-state index < -0.39 is 0 Å². The summed E-state index contributed by atoms with van der Waals surface area (Å²) in [6.45, 7) is 8.29. The van der Waals surface area contributed by atoms with Crippen molar-refractivity contribution in [1.82, 2.24) is 0 Å². The first-order valence-electron chi connectivity index (χ1n) is 3.82. The van der Waals surface area contributed by atoms with Crippen LogP contribution in [-0.4, -0.2) is 18.9 Å². The highest BCUT2D eigenvalue weighted by Gasteiger charge is 2.21. The van der Waals surface area contributed by atoms with Gasteiger partial charge in [0.1, 0.15) is 0 Å². The van der Waals surface area contributed by atoms with Gasteiger partial charge in [0.15, 0.2) is 12.9 Å². The number of rotatable bonds is 0. The lowest BCUT2D eigenvalue weighted by Gasteiger charge is -1.87. The van der Waals surface area contributed by atoms with Gasteiger partial charge in [-0.05, 0) is 12.8 Å². The summed E-state index contributed by atoms with van der Waals surface area (Å²) in [6.07, 6.45) is -0.347. The van der Waals surface area contributed by atoms with Crippen LogP contribution in [0, 0.1) is 5.92 Å². The van der Waals surface area contributed by atoms with Gasteiger partial charge in [-0.25, -0.2) is 4.79 Å². The van der Waals surface area contributed by atoms with Crippen LogP contribution in [0.2, 0.25) is 0 Å². The fourth-order valence-electron chi connectivity index (χ4n) is 0.380. The molecule has 3 heteroatoms. The van der Waals surface area contributed by atoms with Crippen molar-refractivity contribution in [3.05, 3.63) is 0 Å². The van der Waals surface area contributed by atoms with E-state index in [-0.39, 0.29) is 18.9 Å². The van der Waals surface area contributed by atoms with Crippen molar-refractivity contribution >= 4 is 5.97 Å². The van der Waals surface area contributed by atoms with Crippen LogP contribution in [0.25, 0.3) is 0 Å². The van der Waals surface area contributed by atoms with Crippen molar-refractivity contribution in [2.24, 2.45) is 5.92 Å². The predicted molar refractivity (Wildman–Crippen MR) is 42.0 cm³/mol. The van der Waals surface area contributed by atoms with Crippen LogP contribution in [0.15, 0.2) is 0 Å². The third-order valence-corrected chi connectivity index (χ3v) is 0.851. The zero-order chi connectivity index (χ0) is 8.85. The molecule has 3 nitrogen and oxygen atoms in total. The van der Waals surface area contributed by atoms with Crippen LogP contribution in [0.1, 0.15) is 27.7 Å². The molecule has 0 spiro atoms. The Morgan fingerprint density at radius 2 is 1.91 bits per heavy atom. The van der Waals surface area contributed by atoms with Gasteiger partial charge in [0.25, 0.3) is 0 Å². The Balaban J connectivity index is 0.000000218. The number of cyclic esters (lactones) is 1. The molecule has 66 valence electrons. The molecular formula is C8H16O3. The Hall–Kier alpha value is -0.570. The third kappa shape index (κ3) is 5.85. The minimum absolute atomic E-state index is 0.125. The van der Waals surface area contributed by atoms with E-state index in [9.17, 15) is 4.79 Å². The third-order valence-electron chi connectivity index (χ3n) is 0.851. The van der Waals surface area contributed by atoms with E-state index in [0.29, 0.717) is 0 Å². The molecule has 11 heavy (non-hydrogen) atoms. The number of ether oxygens (including phenoxy) is 2. The van der Waals surface area contributed by atoms with Crippen LogP contribution in [-0.2, 0) is 14.3 Å². The van der Waals surface area contributed by atoms with Gasteiger partial charge in [-0.15, -0.1) is 0 Å². The first-order chi connectivity index (χ1) is 5.04. The monoisotopic (exact) mass is 160 g/mol. The van der Waals surface area contributed by atoms with E-state index in [1.165, 1.54) is 0 Å². The number of esters is 1. The molecule has 0 N–H and O–H groups in total. The summed E-state index contributed by atoms with van der Waals surface area (Å²) in [7, 11) is 0. The van der Waals surface area contributed by atoms with Crippen molar-refractivity contribution in [2.45, 2.75) is 33.8 Å². The van der Waals surface area contributed by atoms with Crippen molar-refractivity contribution in [3.8, 4) is 0 Å². The molecular weight excluding hydrogens is 144 g/mol. The first-order valence-corrected chi connectivity index (χ1v) is 3.82. The average Bonchev–Trinajstić information content (AvgIpc) is 2.15. The zero-order valence-electron chi connectivity index (χ0n) is 7.59. The zero-order valence-corrected chi connectivity index (χ0v) is 7.59. The Morgan fingerprint density at radius 1 is 1.45 bits per heavy atom. The van der Waals surface area contributed by atoms with Gasteiger partial charge >= 0.3 is 5.97 Å². The van der Waals surface area contributed by atoms with Crippen molar-refractivity contribution in [1.29, 1.82) is 0 Å². The maximum atomic E-state index is 10.2. The van der Waals surface area contributed by atoms with Gasteiger partial charge in [0, 0.05) is 0 Å². The van der Waals surface area contributed by atoms with Crippen LogP contribution in [0.5, 0.6) is 0 Å². The molecule has 0 unspecified atom stereocenters. The molecule has 0 saturated carbocycles. The molecule has 1 fully saturated rings. The molecule has 1 aliphatic heterocycles. The quantitative estimate of drug-likeness (QED) is 0.504. The van der Waals surface area contributed by atoms with E-state index in [0.717, 1.165) is 5.92 Å². The maximum absolute atomic E-state index is 10.2. The second-order valence-corrected chi connectivity index (χ2v) is 3.12. The minimum Gasteiger partial charge on any atom is -0.437 e. The molecule has 0 aromatic heterocycles. The Morgan fingerprint density at radius 3 is 2.00 bits per heavy atom. The lowest BCUT2D eigenvalue weighted by Crippen LogP contribution is -2.09. The van der Waals surface area contributed by atoms with Gasteiger partial charge in [0.2, 0.25) is 0 Å². The molecule has 1 heterocycles. The highest BCUT2D eigenvalue weighted by Crippen LogP contribution is 2.01. The SMILES string of the molecule is CC(C)C.C[C@@H]1OCOC1=O. The molecule has 1 aliphatic rings. The van der Waals surface area contributed by atoms with Crippen LogP contribution in [0.3, 0.4) is 0 Å². The molecule has 1 saturated heterocycles. The van der Waals surface area contributed by atoms with Gasteiger partial charge < -0.3 is 9.47 Å². The second kappa shape index (κ2) is 5.13. The number of carbonyl (C=O) groups excluding carboxylic acids is 1. The van der Waals surface area contributed by atoms with E-state index in [1.54, 1.807) is 6.92 Å². The van der Waals surface area contributed by atoms with Crippen LogP contribution < -0.4 is 0 Å². The fraction of sp³-hybridized carbons (Fsp3) is 0.875. The average molecular weight is 160 g/mol. The predicted octanol–water partition coefficient (Wildman–Crippen LogP) is 1.57. The van der Waals surface area contributed by atoms with Crippen molar-refractivity contribution < 1.29 is 14.3 Å². The topological polar surface area (TPSA) is 35.5 Å². The Bertz CT molecular complexity index is 118. The second-order valence-electron chi connectivity index (χ2n) is 3.12. The molecule has 1 atom stereocenters. The van der Waals surface area contributed by atoms with E-state index >= 15 is 0 Å². The van der Waals surface area contributed by atoms with E-state index in [4.69, 9.17) is 4.74 Å². The summed E-state index contributed by atoms with van der Waals surface area (Å²) in [6, 6.07) is 0. The van der Waals surface area contributed by atoms with Gasteiger partial charge in [0.05, 0.1) is 0 Å². The number of carbonyl (C=O) groups is 1.